The molecule has 0 aliphatic carbocycles. The van der Waals surface area contributed by atoms with Crippen molar-refractivity contribution in [1.29, 1.82) is 0 Å². The molecule has 2 heterocycles. The van der Waals surface area contributed by atoms with E-state index >= 15 is 0 Å². The zero-order chi connectivity index (χ0) is 19.3. The average molecular weight is 388 g/mol. The Balaban J connectivity index is 1.58. The second kappa shape index (κ2) is 8.19. The smallest absolute Gasteiger partial charge is 0.271 e. The summed E-state index contributed by atoms with van der Waals surface area (Å²) in [5.41, 5.74) is 4.52. The number of rotatable bonds is 6. The molecule has 0 bridgehead atoms. The number of aromatic nitrogens is 3. The molecule has 1 amide bonds. The van der Waals surface area contributed by atoms with Crippen molar-refractivity contribution in [3.05, 3.63) is 94.1 Å². The van der Waals surface area contributed by atoms with Gasteiger partial charge in [0.1, 0.15) is 5.69 Å². The largest absolute Gasteiger partial charge is 0.346 e. The van der Waals surface area contributed by atoms with E-state index in [0.29, 0.717) is 18.8 Å². The van der Waals surface area contributed by atoms with E-state index in [9.17, 15) is 4.79 Å². The molecule has 0 unspecified atom stereocenters. The van der Waals surface area contributed by atoms with Crippen LogP contribution in [0.4, 0.5) is 0 Å². The second-order valence-corrected chi connectivity index (χ2v) is 7.55. The predicted molar refractivity (Wildman–Crippen MR) is 111 cm³/mol. The summed E-state index contributed by atoms with van der Waals surface area (Å²) in [4.78, 5) is 16.6. The van der Waals surface area contributed by atoms with Crippen LogP contribution in [0.1, 0.15) is 26.6 Å². The third-order valence-electron chi connectivity index (χ3n) is 4.36. The minimum Gasteiger partial charge on any atom is -0.346 e. The molecule has 6 heteroatoms. The van der Waals surface area contributed by atoms with E-state index in [4.69, 9.17) is 5.10 Å². The molecule has 0 saturated heterocycles. The molecule has 2 aromatic heterocycles. The van der Waals surface area contributed by atoms with E-state index in [0.717, 1.165) is 21.8 Å². The minimum absolute atomic E-state index is 0.167. The number of hydrogen-bond donors (Lipinski definition) is 1. The lowest BCUT2D eigenvalue weighted by molar-refractivity contribution is 0.0946. The standard InChI is InChI=1S/C22H20N4OS/c1-16-24-20(15-28-16)22(27)23-12-19-14-26(13-17-8-4-2-5-9-17)25-21(19)18-10-6-3-7-11-18/h2-11,14-15H,12-13H2,1H3,(H,23,27). The molecule has 0 spiro atoms. The summed E-state index contributed by atoms with van der Waals surface area (Å²) < 4.78 is 1.92. The van der Waals surface area contributed by atoms with Crippen LogP contribution in [-0.4, -0.2) is 20.7 Å². The summed E-state index contributed by atoms with van der Waals surface area (Å²) >= 11 is 1.47. The molecule has 0 atom stereocenters. The van der Waals surface area contributed by atoms with Crippen LogP contribution in [0.25, 0.3) is 11.3 Å². The van der Waals surface area contributed by atoms with Gasteiger partial charge in [-0.3, -0.25) is 9.48 Å². The number of carbonyl (C=O) groups excluding carboxylic acids is 1. The Morgan fingerprint density at radius 1 is 1.07 bits per heavy atom. The van der Waals surface area contributed by atoms with Crippen LogP contribution < -0.4 is 5.32 Å². The molecule has 28 heavy (non-hydrogen) atoms. The van der Waals surface area contributed by atoms with Crippen molar-refractivity contribution in [1.82, 2.24) is 20.1 Å². The van der Waals surface area contributed by atoms with Crippen LogP contribution >= 0.6 is 11.3 Å². The van der Waals surface area contributed by atoms with Gasteiger partial charge in [-0.2, -0.15) is 5.10 Å². The maximum Gasteiger partial charge on any atom is 0.271 e. The lowest BCUT2D eigenvalue weighted by Crippen LogP contribution is -2.23. The lowest BCUT2D eigenvalue weighted by Gasteiger charge is -2.04. The normalized spacial score (nSPS) is 10.8. The van der Waals surface area contributed by atoms with Gasteiger partial charge < -0.3 is 5.32 Å². The summed E-state index contributed by atoms with van der Waals surface area (Å²) in [5.74, 6) is -0.167. The zero-order valence-electron chi connectivity index (χ0n) is 15.5. The Labute approximate surface area is 167 Å². The van der Waals surface area contributed by atoms with Gasteiger partial charge in [0, 0.05) is 29.2 Å². The molecule has 0 fully saturated rings. The molecule has 0 aliphatic rings. The van der Waals surface area contributed by atoms with Gasteiger partial charge in [0.25, 0.3) is 5.91 Å². The van der Waals surface area contributed by atoms with E-state index in [2.05, 4.69) is 22.4 Å². The number of hydrogen-bond acceptors (Lipinski definition) is 4. The Morgan fingerprint density at radius 3 is 2.46 bits per heavy atom. The first-order valence-corrected chi connectivity index (χ1v) is 9.93. The third kappa shape index (κ3) is 4.18. The van der Waals surface area contributed by atoms with Gasteiger partial charge in [0.2, 0.25) is 0 Å². The number of aryl methyl sites for hydroxylation is 1. The summed E-state index contributed by atoms with van der Waals surface area (Å²) in [6.07, 6.45) is 2.00. The fourth-order valence-corrected chi connectivity index (χ4v) is 3.61. The van der Waals surface area contributed by atoms with Crippen LogP contribution in [0.3, 0.4) is 0 Å². The van der Waals surface area contributed by atoms with E-state index in [-0.39, 0.29) is 5.91 Å². The maximum atomic E-state index is 12.4. The summed E-state index contributed by atoms with van der Waals surface area (Å²) in [6, 6.07) is 20.2. The van der Waals surface area contributed by atoms with Crippen molar-refractivity contribution in [2.75, 3.05) is 0 Å². The van der Waals surface area contributed by atoms with Gasteiger partial charge in [0.15, 0.2) is 0 Å². The van der Waals surface area contributed by atoms with Crippen LogP contribution in [0, 0.1) is 6.92 Å². The first-order valence-electron chi connectivity index (χ1n) is 9.05. The number of carbonyl (C=O) groups is 1. The lowest BCUT2D eigenvalue weighted by atomic mass is 10.1. The minimum atomic E-state index is -0.167. The molecule has 0 radical (unpaired) electrons. The predicted octanol–water partition coefficient (Wildman–Crippen LogP) is 4.29. The van der Waals surface area contributed by atoms with Gasteiger partial charge in [0.05, 0.1) is 17.2 Å². The Kier molecular flexibility index (Phi) is 5.30. The Bertz CT molecular complexity index is 1070. The Hall–Kier alpha value is -3.25. The topological polar surface area (TPSA) is 59.8 Å². The first kappa shape index (κ1) is 18.1. The number of nitrogens with one attached hydrogen (secondary N) is 1. The van der Waals surface area contributed by atoms with Crippen molar-refractivity contribution < 1.29 is 4.79 Å². The van der Waals surface area contributed by atoms with E-state index < -0.39 is 0 Å². The van der Waals surface area contributed by atoms with Crippen LogP contribution in [0.15, 0.2) is 72.2 Å². The van der Waals surface area contributed by atoms with Crippen molar-refractivity contribution >= 4 is 17.2 Å². The molecule has 5 nitrogen and oxygen atoms in total. The van der Waals surface area contributed by atoms with Crippen LogP contribution in [-0.2, 0) is 13.1 Å². The van der Waals surface area contributed by atoms with Gasteiger partial charge >= 0.3 is 0 Å². The Morgan fingerprint density at radius 2 is 1.79 bits per heavy atom. The number of amides is 1. The monoisotopic (exact) mass is 388 g/mol. The van der Waals surface area contributed by atoms with Crippen molar-refractivity contribution in [3.63, 3.8) is 0 Å². The third-order valence-corrected chi connectivity index (χ3v) is 5.14. The first-order chi connectivity index (χ1) is 13.7. The van der Waals surface area contributed by atoms with Crippen LogP contribution in [0.2, 0.25) is 0 Å². The SMILES string of the molecule is Cc1nc(C(=O)NCc2cn(Cc3ccccc3)nc2-c2ccccc2)cs1. The number of thiazole rings is 1. The van der Waals surface area contributed by atoms with E-state index in [1.54, 1.807) is 5.38 Å². The molecule has 0 saturated carbocycles. The van der Waals surface area contributed by atoms with Crippen molar-refractivity contribution in [3.8, 4) is 11.3 Å². The molecular weight excluding hydrogens is 368 g/mol. The fraction of sp³-hybridized carbons (Fsp3) is 0.136. The van der Waals surface area contributed by atoms with Crippen LogP contribution in [0.5, 0.6) is 0 Å². The average Bonchev–Trinajstić information content (AvgIpc) is 3.34. The molecule has 4 aromatic rings. The summed E-state index contributed by atoms with van der Waals surface area (Å²) in [7, 11) is 0. The molecule has 0 aliphatic heterocycles. The van der Waals surface area contributed by atoms with Crippen molar-refractivity contribution in [2.24, 2.45) is 0 Å². The highest BCUT2D eigenvalue weighted by molar-refractivity contribution is 7.09. The van der Waals surface area contributed by atoms with Gasteiger partial charge in [-0.1, -0.05) is 60.7 Å². The molecule has 1 N–H and O–H groups in total. The maximum absolute atomic E-state index is 12.4. The van der Waals surface area contributed by atoms with E-state index in [1.807, 2.05) is 66.3 Å². The van der Waals surface area contributed by atoms with Gasteiger partial charge in [-0.15, -0.1) is 11.3 Å². The fourth-order valence-electron chi connectivity index (χ4n) is 3.02. The quantitative estimate of drug-likeness (QED) is 0.536. The molecule has 2 aromatic carbocycles. The highest BCUT2D eigenvalue weighted by Crippen LogP contribution is 2.22. The van der Waals surface area contributed by atoms with Gasteiger partial charge in [-0.25, -0.2) is 4.98 Å². The molecule has 4 rings (SSSR count). The number of nitrogens with zero attached hydrogens (tertiary/aromatic N) is 3. The second-order valence-electron chi connectivity index (χ2n) is 6.49. The zero-order valence-corrected chi connectivity index (χ0v) is 16.3. The highest BCUT2D eigenvalue weighted by atomic mass is 32.1. The highest BCUT2D eigenvalue weighted by Gasteiger charge is 2.14. The van der Waals surface area contributed by atoms with Gasteiger partial charge in [-0.05, 0) is 12.5 Å². The number of benzene rings is 2. The van der Waals surface area contributed by atoms with E-state index in [1.165, 1.54) is 16.9 Å². The van der Waals surface area contributed by atoms with Crippen molar-refractivity contribution in [2.45, 2.75) is 20.0 Å². The molecular formula is C22H20N4OS. The molecule has 140 valence electrons. The summed E-state index contributed by atoms with van der Waals surface area (Å²) in [6.45, 7) is 2.97. The summed E-state index contributed by atoms with van der Waals surface area (Å²) in [5, 5.41) is 10.4.